The smallest absolute Gasteiger partial charge is 0.283 e. The van der Waals surface area contributed by atoms with E-state index in [1.54, 1.807) is 18.1 Å². The van der Waals surface area contributed by atoms with Gasteiger partial charge in [-0.2, -0.15) is 0 Å². The lowest BCUT2D eigenvalue weighted by Gasteiger charge is -2.19. The molecular formula is C31H33N3O3S. The van der Waals surface area contributed by atoms with E-state index in [0.717, 1.165) is 53.1 Å². The van der Waals surface area contributed by atoms with Crippen molar-refractivity contribution in [3.05, 3.63) is 94.7 Å². The average molecular weight is 528 g/mol. The van der Waals surface area contributed by atoms with Crippen LogP contribution in [0, 0.1) is 13.8 Å². The maximum atomic E-state index is 13.5. The van der Waals surface area contributed by atoms with Gasteiger partial charge in [-0.25, -0.2) is 4.99 Å². The van der Waals surface area contributed by atoms with Gasteiger partial charge in [0.1, 0.15) is 11.4 Å². The van der Waals surface area contributed by atoms with E-state index < -0.39 is 0 Å². The Morgan fingerprint density at radius 1 is 1.03 bits per heavy atom. The van der Waals surface area contributed by atoms with Gasteiger partial charge in [-0.05, 0) is 91.4 Å². The third kappa shape index (κ3) is 6.92. The van der Waals surface area contributed by atoms with Gasteiger partial charge in [0.05, 0.1) is 18.6 Å². The molecule has 0 unspecified atom stereocenters. The lowest BCUT2D eigenvalue weighted by molar-refractivity contribution is -0.114. The Hall–Kier alpha value is -3.84. The largest absolute Gasteiger partial charge is 0.497 e. The van der Waals surface area contributed by atoms with Gasteiger partial charge in [0, 0.05) is 5.69 Å². The van der Waals surface area contributed by atoms with Crippen LogP contribution in [0.5, 0.6) is 5.75 Å². The van der Waals surface area contributed by atoms with E-state index in [9.17, 15) is 9.59 Å². The van der Waals surface area contributed by atoms with E-state index >= 15 is 0 Å². The summed E-state index contributed by atoms with van der Waals surface area (Å²) >= 11 is 1.25. The first-order valence-electron chi connectivity index (χ1n) is 12.7. The molecule has 0 saturated heterocycles. The van der Waals surface area contributed by atoms with Crippen LogP contribution in [-0.4, -0.2) is 29.8 Å². The van der Waals surface area contributed by atoms with E-state index in [4.69, 9.17) is 4.74 Å². The third-order valence-electron chi connectivity index (χ3n) is 6.10. The summed E-state index contributed by atoms with van der Waals surface area (Å²) in [6.07, 6.45) is 5.09. The molecule has 1 N–H and O–H groups in total. The van der Waals surface area contributed by atoms with Crippen molar-refractivity contribution in [2.24, 2.45) is 4.99 Å². The SMILES string of the molecule is CCCCc1ccc(NC(=O)CSC2=NC(=Cc3ccc(OC)cc3)C(=O)N2c2cc(C)cc(C)c2)cc1. The number of nitrogens with zero attached hydrogens (tertiary/aromatic N) is 2. The molecule has 0 radical (unpaired) electrons. The van der Waals surface area contributed by atoms with E-state index in [-0.39, 0.29) is 17.6 Å². The summed E-state index contributed by atoms with van der Waals surface area (Å²) in [5, 5.41) is 3.43. The van der Waals surface area contributed by atoms with Gasteiger partial charge in [0.25, 0.3) is 5.91 Å². The molecule has 2 amide bonds. The maximum absolute atomic E-state index is 13.5. The number of benzene rings is 3. The molecular weight excluding hydrogens is 494 g/mol. The van der Waals surface area contributed by atoms with Crippen molar-refractivity contribution in [1.82, 2.24) is 0 Å². The van der Waals surface area contributed by atoms with E-state index in [1.807, 2.05) is 62.4 Å². The summed E-state index contributed by atoms with van der Waals surface area (Å²) in [7, 11) is 1.61. The highest BCUT2D eigenvalue weighted by Gasteiger charge is 2.32. The normalized spacial score (nSPS) is 14.1. The Morgan fingerprint density at radius 3 is 2.34 bits per heavy atom. The van der Waals surface area contributed by atoms with Crippen LogP contribution in [0.25, 0.3) is 6.08 Å². The number of amidine groups is 1. The minimum absolute atomic E-state index is 0.126. The number of anilines is 2. The minimum atomic E-state index is -0.226. The van der Waals surface area contributed by atoms with Crippen molar-refractivity contribution in [2.45, 2.75) is 40.0 Å². The zero-order valence-electron chi connectivity index (χ0n) is 22.3. The molecule has 196 valence electrons. The molecule has 0 bridgehead atoms. The first-order valence-corrected chi connectivity index (χ1v) is 13.7. The number of hydrogen-bond donors (Lipinski definition) is 1. The predicted octanol–water partition coefficient (Wildman–Crippen LogP) is 6.77. The monoisotopic (exact) mass is 527 g/mol. The topological polar surface area (TPSA) is 71.0 Å². The van der Waals surface area contributed by atoms with Crippen LogP contribution in [0.2, 0.25) is 0 Å². The number of carbonyl (C=O) groups excluding carboxylic acids is 2. The van der Waals surface area contributed by atoms with E-state index in [2.05, 4.69) is 35.4 Å². The van der Waals surface area contributed by atoms with E-state index in [1.165, 1.54) is 17.3 Å². The van der Waals surface area contributed by atoms with Crippen LogP contribution in [-0.2, 0) is 16.0 Å². The number of thioether (sulfide) groups is 1. The summed E-state index contributed by atoms with van der Waals surface area (Å²) < 4.78 is 5.23. The number of aliphatic imine (C=N–C) groups is 1. The molecule has 0 spiro atoms. The standard InChI is InChI=1S/C31H33N3O3S/c1-5-6-7-23-8-12-25(13-9-23)32-29(35)20-38-31-33-28(19-24-10-14-27(37-4)15-11-24)30(36)34(31)26-17-21(2)16-22(3)18-26/h8-19H,5-7,20H2,1-4H3,(H,32,35). The highest BCUT2D eigenvalue weighted by molar-refractivity contribution is 8.14. The molecule has 3 aromatic carbocycles. The fourth-order valence-corrected chi connectivity index (χ4v) is 5.03. The Kier molecular flexibility index (Phi) is 9.02. The number of ether oxygens (including phenoxy) is 1. The summed E-state index contributed by atoms with van der Waals surface area (Å²) in [5.74, 6) is 0.486. The fraction of sp³-hybridized carbons (Fsp3) is 0.258. The number of amides is 2. The molecule has 3 aromatic rings. The van der Waals surface area contributed by atoms with Crippen LogP contribution in [0.3, 0.4) is 0 Å². The molecule has 0 saturated carbocycles. The van der Waals surface area contributed by atoms with Gasteiger partial charge in [-0.15, -0.1) is 0 Å². The van der Waals surface area contributed by atoms with Crippen LogP contribution < -0.4 is 15.0 Å². The van der Waals surface area contributed by atoms with Crippen LogP contribution in [0.15, 0.2) is 77.4 Å². The Bertz CT molecular complexity index is 1340. The van der Waals surface area contributed by atoms with Gasteiger partial charge < -0.3 is 10.1 Å². The highest BCUT2D eigenvalue weighted by Crippen LogP contribution is 2.31. The lowest BCUT2D eigenvalue weighted by Crippen LogP contribution is -2.31. The number of nitrogens with one attached hydrogen (secondary N) is 1. The minimum Gasteiger partial charge on any atom is -0.497 e. The first-order chi connectivity index (χ1) is 18.4. The van der Waals surface area contributed by atoms with Gasteiger partial charge in [0.2, 0.25) is 5.91 Å². The lowest BCUT2D eigenvalue weighted by atomic mass is 10.1. The molecule has 0 aliphatic carbocycles. The molecule has 0 fully saturated rings. The van der Waals surface area contributed by atoms with Crippen LogP contribution >= 0.6 is 11.8 Å². The van der Waals surface area contributed by atoms with Crippen molar-refractivity contribution in [2.75, 3.05) is 23.1 Å². The molecule has 6 nitrogen and oxygen atoms in total. The summed E-state index contributed by atoms with van der Waals surface area (Å²) in [4.78, 5) is 32.5. The van der Waals surface area contributed by atoms with Crippen molar-refractivity contribution in [1.29, 1.82) is 0 Å². The first kappa shape index (κ1) is 27.2. The van der Waals surface area contributed by atoms with Gasteiger partial charge >= 0.3 is 0 Å². The maximum Gasteiger partial charge on any atom is 0.283 e. The van der Waals surface area contributed by atoms with Crippen molar-refractivity contribution >= 4 is 46.2 Å². The van der Waals surface area contributed by atoms with Crippen LogP contribution in [0.4, 0.5) is 11.4 Å². The summed E-state index contributed by atoms with van der Waals surface area (Å²) in [5.41, 5.74) is 6.00. The average Bonchev–Trinajstić information content (AvgIpc) is 3.21. The Balaban J connectivity index is 1.52. The van der Waals surface area contributed by atoms with Gasteiger partial charge in [-0.3, -0.25) is 14.5 Å². The molecule has 0 atom stereocenters. The molecule has 7 heteroatoms. The second-order valence-corrected chi connectivity index (χ2v) is 10.3. The fourth-order valence-electron chi connectivity index (χ4n) is 4.22. The van der Waals surface area contributed by atoms with E-state index in [0.29, 0.717) is 10.9 Å². The third-order valence-corrected chi connectivity index (χ3v) is 7.04. The quantitative estimate of drug-likeness (QED) is 0.312. The highest BCUT2D eigenvalue weighted by atomic mass is 32.2. The van der Waals surface area contributed by atoms with Crippen molar-refractivity contribution in [3.63, 3.8) is 0 Å². The molecule has 4 rings (SSSR count). The van der Waals surface area contributed by atoms with Crippen LogP contribution in [0.1, 0.15) is 42.0 Å². The summed E-state index contributed by atoms with van der Waals surface area (Å²) in [6.45, 7) is 6.17. The second-order valence-electron chi connectivity index (χ2n) is 9.32. The molecule has 1 aliphatic heterocycles. The number of rotatable bonds is 9. The molecule has 0 aromatic heterocycles. The predicted molar refractivity (Wildman–Crippen MR) is 158 cm³/mol. The number of aryl methyl sites for hydroxylation is 3. The molecule has 1 aliphatic rings. The number of hydrogen-bond acceptors (Lipinski definition) is 5. The second kappa shape index (κ2) is 12.6. The number of carbonyl (C=O) groups is 2. The molecule has 38 heavy (non-hydrogen) atoms. The Labute approximate surface area is 228 Å². The number of methoxy groups -OCH3 is 1. The van der Waals surface area contributed by atoms with Gasteiger partial charge in [0.15, 0.2) is 5.17 Å². The zero-order valence-corrected chi connectivity index (χ0v) is 23.1. The Morgan fingerprint density at radius 2 is 1.71 bits per heavy atom. The van der Waals surface area contributed by atoms with Gasteiger partial charge in [-0.1, -0.05) is 55.4 Å². The summed E-state index contributed by atoms with van der Waals surface area (Å²) in [6, 6.07) is 21.4. The zero-order chi connectivity index (χ0) is 27.1. The number of unbranched alkanes of at least 4 members (excludes halogenated alkanes) is 1. The van der Waals surface area contributed by atoms with Crippen molar-refractivity contribution in [3.8, 4) is 5.75 Å². The molecule has 1 heterocycles. The van der Waals surface area contributed by atoms with Crippen molar-refractivity contribution < 1.29 is 14.3 Å².